The lowest BCUT2D eigenvalue weighted by atomic mass is 10.1. The van der Waals surface area contributed by atoms with Gasteiger partial charge in [0.25, 0.3) is 0 Å². The second-order valence-corrected chi connectivity index (χ2v) is 12.3. The summed E-state index contributed by atoms with van der Waals surface area (Å²) >= 11 is 0. The van der Waals surface area contributed by atoms with Gasteiger partial charge in [0.05, 0.1) is 19.8 Å². The van der Waals surface area contributed by atoms with Gasteiger partial charge in [-0.05, 0) is 31.1 Å². The molecule has 0 saturated carbocycles. The van der Waals surface area contributed by atoms with Gasteiger partial charge in [-0.15, -0.1) is 0 Å². The first-order chi connectivity index (χ1) is 15.9. The summed E-state index contributed by atoms with van der Waals surface area (Å²) in [6.07, 6.45) is 21.6. The summed E-state index contributed by atoms with van der Waals surface area (Å²) in [7, 11) is -3.43. The fourth-order valence-corrected chi connectivity index (χ4v) is 5.17. The van der Waals surface area contributed by atoms with E-state index >= 15 is 0 Å². The summed E-state index contributed by atoms with van der Waals surface area (Å²) in [4.78, 5) is 0. The van der Waals surface area contributed by atoms with E-state index in [1.165, 1.54) is 77.0 Å². The highest BCUT2D eigenvalue weighted by Gasteiger charge is 2.26. The van der Waals surface area contributed by atoms with E-state index in [1.807, 2.05) is 0 Å². The Balaban J connectivity index is 4.05. The van der Waals surface area contributed by atoms with Crippen molar-refractivity contribution in [2.75, 3.05) is 19.8 Å². The molecule has 0 N–H and O–H groups in total. The average Bonchev–Trinajstić information content (AvgIpc) is 2.76. The Kier molecular flexibility index (Phi) is 23.9. The molecule has 0 unspecified atom stereocenters. The van der Waals surface area contributed by atoms with E-state index in [9.17, 15) is 4.57 Å². The van der Waals surface area contributed by atoms with Gasteiger partial charge in [0.15, 0.2) is 0 Å². The second-order valence-electron chi connectivity index (χ2n) is 10.6. The number of phosphoric ester groups is 1. The average molecular weight is 491 g/mol. The molecule has 4 nitrogen and oxygen atoms in total. The Morgan fingerprint density at radius 3 is 1.12 bits per heavy atom. The highest BCUT2D eigenvalue weighted by atomic mass is 31.2. The first kappa shape index (κ1) is 33.1. The van der Waals surface area contributed by atoms with E-state index < -0.39 is 7.82 Å². The van der Waals surface area contributed by atoms with Gasteiger partial charge in [-0.1, -0.05) is 131 Å². The van der Waals surface area contributed by atoms with E-state index in [0.717, 1.165) is 50.4 Å². The fourth-order valence-electron chi connectivity index (χ4n) is 3.89. The molecule has 0 amide bonds. The summed E-state index contributed by atoms with van der Waals surface area (Å²) in [5.41, 5.74) is 0. The molecule has 0 bridgehead atoms. The van der Waals surface area contributed by atoms with Crippen LogP contribution in [0.1, 0.15) is 150 Å². The van der Waals surface area contributed by atoms with E-state index in [1.54, 1.807) is 0 Å². The van der Waals surface area contributed by atoms with Gasteiger partial charge in [0, 0.05) is 0 Å². The number of hydrogen-bond acceptors (Lipinski definition) is 4. The van der Waals surface area contributed by atoms with E-state index in [2.05, 4.69) is 34.6 Å². The quantitative estimate of drug-likeness (QED) is 0.0893. The van der Waals surface area contributed by atoms with Gasteiger partial charge in [-0.3, -0.25) is 13.6 Å². The lowest BCUT2D eigenvalue weighted by Crippen LogP contribution is -2.04. The van der Waals surface area contributed by atoms with Gasteiger partial charge >= 0.3 is 7.82 Å². The molecular formula is C28H59O4P. The lowest BCUT2D eigenvalue weighted by molar-refractivity contribution is 0.108. The summed E-state index contributed by atoms with van der Waals surface area (Å²) in [5.74, 6) is 1.47. The molecule has 5 heteroatoms. The zero-order valence-corrected chi connectivity index (χ0v) is 24.0. The molecule has 0 heterocycles. The molecule has 0 radical (unpaired) electrons. The van der Waals surface area contributed by atoms with Crippen LogP contribution in [-0.2, 0) is 18.1 Å². The number of unbranched alkanes of at least 4 members (excludes halogenated alkanes) is 13. The normalized spacial score (nSPS) is 12.3. The van der Waals surface area contributed by atoms with Gasteiger partial charge in [-0.25, -0.2) is 4.57 Å². The Morgan fingerprint density at radius 2 is 0.788 bits per heavy atom. The molecule has 0 aliphatic rings. The predicted octanol–water partition coefficient (Wildman–Crippen LogP) is 10.5. The third-order valence-corrected chi connectivity index (χ3v) is 7.59. The van der Waals surface area contributed by atoms with Crippen molar-refractivity contribution in [3.63, 3.8) is 0 Å². The molecule has 0 aromatic rings. The third kappa shape index (κ3) is 25.0. The third-order valence-electron chi connectivity index (χ3n) is 6.10. The largest absolute Gasteiger partial charge is 0.474 e. The summed E-state index contributed by atoms with van der Waals surface area (Å²) in [5, 5.41) is 0. The maximum atomic E-state index is 13.1. The van der Waals surface area contributed by atoms with E-state index in [0.29, 0.717) is 19.8 Å². The molecule has 200 valence electrons. The lowest BCUT2D eigenvalue weighted by Gasteiger charge is -2.18. The molecule has 33 heavy (non-hydrogen) atoms. The van der Waals surface area contributed by atoms with Crippen molar-refractivity contribution in [3.05, 3.63) is 0 Å². The molecule has 0 spiro atoms. The Bertz CT molecular complexity index is 416. The molecule has 0 rings (SSSR count). The summed E-state index contributed by atoms with van der Waals surface area (Å²) < 4.78 is 30.2. The van der Waals surface area contributed by atoms with Crippen molar-refractivity contribution in [1.82, 2.24) is 0 Å². The van der Waals surface area contributed by atoms with Gasteiger partial charge in [0.2, 0.25) is 0 Å². The minimum absolute atomic E-state index is 0.459. The van der Waals surface area contributed by atoms with Crippen LogP contribution in [0.5, 0.6) is 0 Å². The SMILES string of the molecule is CCCCCCCCCCCCOP(=O)(OCCCCCC(C)C)OCCCCCC(C)C. The van der Waals surface area contributed by atoms with Crippen molar-refractivity contribution < 1.29 is 18.1 Å². The van der Waals surface area contributed by atoms with Crippen molar-refractivity contribution in [1.29, 1.82) is 0 Å². The van der Waals surface area contributed by atoms with Crippen LogP contribution in [0, 0.1) is 11.8 Å². The van der Waals surface area contributed by atoms with E-state index in [4.69, 9.17) is 13.6 Å². The number of phosphoric acid groups is 1. The maximum absolute atomic E-state index is 13.1. The number of hydrogen-bond donors (Lipinski definition) is 0. The van der Waals surface area contributed by atoms with Crippen LogP contribution in [0.25, 0.3) is 0 Å². The standard InChI is InChI=1S/C28H59O4P/c1-6-7-8-9-10-11-12-13-14-19-24-30-33(29,31-25-20-15-17-22-27(2)3)32-26-21-16-18-23-28(4)5/h27-28H,6-26H2,1-5H3. The summed E-state index contributed by atoms with van der Waals surface area (Å²) in [6, 6.07) is 0. The van der Waals surface area contributed by atoms with Crippen molar-refractivity contribution in [2.24, 2.45) is 11.8 Å². The van der Waals surface area contributed by atoms with Crippen molar-refractivity contribution >= 4 is 7.82 Å². The van der Waals surface area contributed by atoms with Gasteiger partial charge in [0.1, 0.15) is 0 Å². The molecule has 0 aromatic carbocycles. The molecule has 0 atom stereocenters. The second kappa shape index (κ2) is 23.8. The maximum Gasteiger partial charge on any atom is 0.474 e. The minimum Gasteiger partial charge on any atom is -0.287 e. The molecular weight excluding hydrogens is 431 g/mol. The fraction of sp³-hybridized carbons (Fsp3) is 1.00. The first-order valence-corrected chi connectivity index (χ1v) is 15.9. The van der Waals surface area contributed by atoms with E-state index in [-0.39, 0.29) is 0 Å². The van der Waals surface area contributed by atoms with Crippen LogP contribution in [0.4, 0.5) is 0 Å². The van der Waals surface area contributed by atoms with Crippen molar-refractivity contribution in [3.8, 4) is 0 Å². The molecule has 0 aliphatic heterocycles. The van der Waals surface area contributed by atoms with Crippen LogP contribution in [0.3, 0.4) is 0 Å². The smallest absolute Gasteiger partial charge is 0.287 e. The van der Waals surface area contributed by atoms with Crippen LogP contribution >= 0.6 is 7.82 Å². The first-order valence-electron chi connectivity index (χ1n) is 14.4. The molecule has 0 saturated heterocycles. The zero-order valence-electron chi connectivity index (χ0n) is 23.1. The highest BCUT2D eigenvalue weighted by molar-refractivity contribution is 7.48. The topological polar surface area (TPSA) is 44.8 Å². The Morgan fingerprint density at radius 1 is 0.485 bits per heavy atom. The monoisotopic (exact) mass is 490 g/mol. The Labute approximate surface area is 207 Å². The van der Waals surface area contributed by atoms with Crippen LogP contribution in [-0.4, -0.2) is 19.8 Å². The van der Waals surface area contributed by atoms with Crippen LogP contribution in [0.2, 0.25) is 0 Å². The Hall–Kier alpha value is 0.110. The van der Waals surface area contributed by atoms with Gasteiger partial charge in [-0.2, -0.15) is 0 Å². The van der Waals surface area contributed by atoms with Gasteiger partial charge < -0.3 is 0 Å². The highest BCUT2D eigenvalue weighted by Crippen LogP contribution is 2.50. The molecule has 0 aromatic heterocycles. The number of rotatable bonds is 26. The zero-order chi connectivity index (χ0) is 24.6. The van der Waals surface area contributed by atoms with Crippen LogP contribution < -0.4 is 0 Å². The summed E-state index contributed by atoms with van der Waals surface area (Å²) in [6.45, 7) is 12.7. The molecule has 0 aliphatic carbocycles. The minimum atomic E-state index is -3.43. The predicted molar refractivity (Wildman–Crippen MR) is 144 cm³/mol. The molecule has 0 fully saturated rings. The van der Waals surface area contributed by atoms with Crippen LogP contribution in [0.15, 0.2) is 0 Å². The van der Waals surface area contributed by atoms with Crippen molar-refractivity contribution in [2.45, 2.75) is 150 Å².